The van der Waals surface area contributed by atoms with Crippen molar-refractivity contribution in [2.75, 3.05) is 13.6 Å². The fourth-order valence-corrected chi connectivity index (χ4v) is 2.64. The molecular weight excluding hydrogens is 368 g/mol. The summed E-state index contributed by atoms with van der Waals surface area (Å²) in [6, 6.07) is 17.5. The molecule has 0 aliphatic carbocycles. The van der Waals surface area contributed by atoms with Gasteiger partial charge in [0.25, 0.3) is 0 Å². The lowest BCUT2D eigenvalue weighted by Gasteiger charge is -2.24. The molecule has 0 unspecified atom stereocenters. The molecule has 0 aliphatic rings. The highest BCUT2D eigenvalue weighted by atomic mass is 16.6. The van der Waals surface area contributed by atoms with Crippen LogP contribution in [0.15, 0.2) is 54.6 Å². The van der Waals surface area contributed by atoms with Crippen LogP contribution in [0.4, 0.5) is 9.59 Å². The quantitative estimate of drug-likeness (QED) is 0.744. The second kappa shape index (κ2) is 10.5. The van der Waals surface area contributed by atoms with Crippen LogP contribution in [-0.4, -0.2) is 36.3 Å². The van der Waals surface area contributed by atoms with Crippen molar-refractivity contribution in [1.29, 1.82) is 0 Å². The molecule has 0 heterocycles. The van der Waals surface area contributed by atoms with E-state index in [0.717, 1.165) is 16.7 Å². The van der Waals surface area contributed by atoms with E-state index in [1.54, 1.807) is 11.9 Å². The van der Waals surface area contributed by atoms with Gasteiger partial charge in [0.05, 0.1) is 0 Å². The SMILES string of the molecule is CN(Cc1cccc(CCNC(=O)OCc2ccccc2)c1)C(=O)OC(C)(C)C. The van der Waals surface area contributed by atoms with Gasteiger partial charge < -0.3 is 19.7 Å². The predicted octanol–water partition coefficient (Wildman–Crippen LogP) is 4.52. The van der Waals surface area contributed by atoms with Crippen molar-refractivity contribution in [1.82, 2.24) is 10.2 Å². The van der Waals surface area contributed by atoms with Gasteiger partial charge in [0.1, 0.15) is 12.2 Å². The van der Waals surface area contributed by atoms with Gasteiger partial charge in [0, 0.05) is 20.1 Å². The molecule has 0 saturated heterocycles. The lowest BCUT2D eigenvalue weighted by molar-refractivity contribution is 0.0285. The Morgan fingerprint density at radius 3 is 2.31 bits per heavy atom. The molecule has 0 bridgehead atoms. The van der Waals surface area contributed by atoms with E-state index in [2.05, 4.69) is 5.32 Å². The van der Waals surface area contributed by atoms with E-state index in [9.17, 15) is 9.59 Å². The van der Waals surface area contributed by atoms with Crippen LogP contribution in [-0.2, 0) is 29.0 Å². The third kappa shape index (κ3) is 8.68. The molecule has 2 aromatic rings. The van der Waals surface area contributed by atoms with E-state index < -0.39 is 11.7 Å². The zero-order chi connectivity index (χ0) is 21.3. The lowest BCUT2D eigenvalue weighted by Crippen LogP contribution is -2.33. The number of nitrogens with one attached hydrogen (secondary N) is 1. The molecule has 1 N–H and O–H groups in total. The highest BCUT2D eigenvalue weighted by Crippen LogP contribution is 2.13. The molecule has 156 valence electrons. The zero-order valence-corrected chi connectivity index (χ0v) is 17.6. The highest BCUT2D eigenvalue weighted by Gasteiger charge is 2.19. The summed E-state index contributed by atoms with van der Waals surface area (Å²) >= 11 is 0. The van der Waals surface area contributed by atoms with Crippen LogP contribution < -0.4 is 5.32 Å². The van der Waals surface area contributed by atoms with Crippen LogP contribution >= 0.6 is 0 Å². The van der Waals surface area contributed by atoms with Gasteiger partial charge in [-0.05, 0) is 43.9 Å². The number of benzene rings is 2. The molecule has 2 amide bonds. The van der Waals surface area contributed by atoms with Gasteiger partial charge in [-0.1, -0.05) is 54.6 Å². The third-order valence-electron chi connectivity index (χ3n) is 4.01. The molecule has 2 aromatic carbocycles. The molecule has 6 nitrogen and oxygen atoms in total. The number of hydrogen-bond donors (Lipinski definition) is 1. The van der Waals surface area contributed by atoms with E-state index >= 15 is 0 Å². The average Bonchev–Trinajstić information content (AvgIpc) is 2.66. The number of hydrogen-bond acceptors (Lipinski definition) is 4. The number of alkyl carbamates (subject to hydrolysis) is 1. The van der Waals surface area contributed by atoms with Crippen LogP contribution in [0.2, 0.25) is 0 Å². The highest BCUT2D eigenvalue weighted by molar-refractivity contribution is 5.68. The largest absolute Gasteiger partial charge is 0.445 e. The summed E-state index contributed by atoms with van der Waals surface area (Å²) in [5.74, 6) is 0. The number of carbonyl (C=O) groups excluding carboxylic acids is 2. The number of nitrogens with zero attached hydrogens (tertiary/aromatic N) is 1. The van der Waals surface area contributed by atoms with Gasteiger partial charge in [-0.3, -0.25) is 0 Å². The summed E-state index contributed by atoms with van der Waals surface area (Å²) in [6.07, 6.45) is -0.120. The molecule has 0 aliphatic heterocycles. The second-order valence-corrected chi connectivity index (χ2v) is 7.89. The molecule has 0 fully saturated rings. The molecule has 0 saturated carbocycles. The summed E-state index contributed by atoms with van der Waals surface area (Å²) < 4.78 is 10.6. The Hall–Kier alpha value is -3.02. The predicted molar refractivity (Wildman–Crippen MR) is 112 cm³/mol. The Labute approximate surface area is 172 Å². The minimum atomic E-state index is -0.520. The van der Waals surface area contributed by atoms with Gasteiger partial charge in [0.15, 0.2) is 0 Å². The second-order valence-electron chi connectivity index (χ2n) is 7.89. The smallest absolute Gasteiger partial charge is 0.410 e. The summed E-state index contributed by atoms with van der Waals surface area (Å²) in [7, 11) is 1.71. The van der Waals surface area contributed by atoms with E-state index in [1.165, 1.54) is 0 Å². The van der Waals surface area contributed by atoms with Crippen LogP contribution in [0.3, 0.4) is 0 Å². The minimum Gasteiger partial charge on any atom is -0.445 e. The topological polar surface area (TPSA) is 67.9 Å². The first-order valence-corrected chi connectivity index (χ1v) is 9.69. The fraction of sp³-hybridized carbons (Fsp3) is 0.391. The molecule has 0 aromatic heterocycles. The first-order chi connectivity index (χ1) is 13.7. The van der Waals surface area contributed by atoms with Crippen LogP contribution in [0, 0.1) is 0 Å². The van der Waals surface area contributed by atoms with Gasteiger partial charge in [0.2, 0.25) is 0 Å². The van der Waals surface area contributed by atoms with Crippen LogP contribution in [0.5, 0.6) is 0 Å². The molecule has 6 heteroatoms. The maximum absolute atomic E-state index is 12.1. The van der Waals surface area contributed by atoms with Gasteiger partial charge >= 0.3 is 12.2 Å². The summed E-state index contributed by atoms with van der Waals surface area (Å²) in [5, 5.41) is 2.76. The monoisotopic (exact) mass is 398 g/mol. The summed E-state index contributed by atoms with van der Waals surface area (Å²) in [4.78, 5) is 25.5. The Morgan fingerprint density at radius 2 is 1.62 bits per heavy atom. The van der Waals surface area contributed by atoms with Crippen LogP contribution in [0.25, 0.3) is 0 Å². The molecule has 0 spiro atoms. The zero-order valence-electron chi connectivity index (χ0n) is 17.6. The van der Waals surface area contributed by atoms with Crippen LogP contribution in [0.1, 0.15) is 37.5 Å². The number of rotatable bonds is 7. The maximum Gasteiger partial charge on any atom is 0.410 e. The average molecular weight is 399 g/mol. The van der Waals surface area contributed by atoms with E-state index in [1.807, 2.05) is 75.4 Å². The lowest BCUT2D eigenvalue weighted by atomic mass is 10.1. The number of amides is 2. The molecule has 2 rings (SSSR count). The standard InChI is InChI=1S/C23H30N2O4/c1-23(2,3)29-22(27)25(4)16-20-12-8-11-18(15-20)13-14-24-21(26)28-17-19-9-6-5-7-10-19/h5-12,15H,13-14,16-17H2,1-4H3,(H,24,26). The third-order valence-corrected chi connectivity index (χ3v) is 4.01. The molecule has 29 heavy (non-hydrogen) atoms. The molecule has 0 radical (unpaired) electrons. The summed E-state index contributed by atoms with van der Waals surface area (Å²) in [5.41, 5.74) is 2.50. The Bertz CT molecular complexity index is 800. The van der Waals surface area contributed by atoms with Gasteiger partial charge in [-0.25, -0.2) is 9.59 Å². The Kier molecular flexibility index (Phi) is 8.07. The first-order valence-electron chi connectivity index (χ1n) is 9.69. The number of carbonyl (C=O) groups is 2. The van der Waals surface area contributed by atoms with Gasteiger partial charge in [-0.15, -0.1) is 0 Å². The van der Waals surface area contributed by atoms with Crippen molar-refractivity contribution in [2.45, 2.75) is 45.9 Å². The molecule has 0 atom stereocenters. The van der Waals surface area contributed by atoms with Crippen molar-refractivity contribution in [2.24, 2.45) is 0 Å². The summed E-state index contributed by atoms with van der Waals surface area (Å²) in [6.45, 7) is 6.71. The number of ether oxygens (including phenoxy) is 2. The van der Waals surface area contributed by atoms with Crippen molar-refractivity contribution in [3.63, 3.8) is 0 Å². The van der Waals surface area contributed by atoms with E-state index in [0.29, 0.717) is 19.5 Å². The minimum absolute atomic E-state index is 0.249. The maximum atomic E-state index is 12.1. The van der Waals surface area contributed by atoms with E-state index in [4.69, 9.17) is 9.47 Å². The Morgan fingerprint density at radius 1 is 0.966 bits per heavy atom. The fourth-order valence-electron chi connectivity index (χ4n) is 2.64. The first kappa shape index (κ1) is 22.3. The van der Waals surface area contributed by atoms with Gasteiger partial charge in [-0.2, -0.15) is 0 Å². The molecular formula is C23H30N2O4. The Balaban J connectivity index is 1.76. The van der Waals surface area contributed by atoms with Crippen molar-refractivity contribution in [3.05, 3.63) is 71.3 Å². The normalized spacial score (nSPS) is 10.9. The van der Waals surface area contributed by atoms with E-state index in [-0.39, 0.29) is 12.7 Å². The van der Waals surface area contributed by atoms with Crippen molar-refractivity contribution >= 4 is 12.2 Å². The van der Waals surface area contributed by atoms with Crippen molar-refractivity contribution in [3.8, 4) is 0 Å². The van der Waals surface area contributed by atoms with Crippen molar-refractivity contribution < 1.29 is 19.1 Å².